The number of hydrogen-bond acceptors (Lipinski definition) is 3. The fourth-order valence-electron chi connectivity index (χ4n) is 2.69. The van der Waals surface area contributed by atoms with E-state index in [1.165, 1.54) is 0 Å². The van der Waals surface area contributed by atoms with Crippen molar-refractivity contribution in [1.29, 1.82) is 0 Å². The molecule has 3 atom stereocenters. The second kappa shape index (κ2) is 8.37. The van der Waals surface area contributed by atoms with Crippen molar-refractivity contribution in [3.8, 4) is 0 Å². The van der Waals surface area contributed by atoms with Crippen LogP contribution in [0, 0.1) is 11.8 Å². The lowest BCUT2D eigenvalue weighted by Crippen LogP contribution is -2.54. The van der Waals surface area contributed by atoms with Crippen LogP contribution < -0.4 is 16.0 Å². The molecule has 2 amide bonds. The topological polar surface area (TPSA) is 70.2 Å². The predicted octanol–water partition coefficient (Wildman–Crippen LogP) is 1.43. The highest BCUT2D eigenvalue weighted by atomic mass is 16.2. The van der Waals surface area contributed by atoms with Crippen LogP contribution in [-0.2, 0) is 9.59 Å². The molecule has 1 saturated heterocycles. The third-order valence-electron chi connectivity index (χ3n) is 3.83. The zero-order chi connectivity index (χ0) is 16.0. The van der Waals surface area contributed by atoms with Crippen LogP contribution in [0.3, 0.4) is 0 Å². The lowest BCUT2D eigenvalue weighted by atomic mass is 9.98. The number of nitrogens with one attached hydrogen (secondary N) is 3. The summed E-state index contributed by atoms with van der Waals surface area (Å²) in [4.78, 5) is 24.4. The van der Waals surface area contributed by atoms with E-state index in [-0.39, 0.29) is 23.8 Å². The molecule has 1 rings (SSSR count). The Morgan fingerprint density at radius 3 is 2.43 bits per heavy atom. The van der Waals surface area contributed by atoms with Gasteiger partial charge in [-0.15, -0.1) is 0 Å². The molecule has 1 fully saturated rings. The van der Waals surface area contributed by atoms with Crippen molar-refractivity contribution in [2.24, 2.45) is 11.8 Å². The molecule has 0 aliphatic carbocycles. The van der Waals surface area contributed by atoms with Crippen LogP contribution in [0.4, 0.5) is 0 Å². The van der Waals surface area contributed by atoms with E-state index < -0.39 is 6.04 Å². The van der Waals surface area contributed by atoms with E-state index in [0.29, 0.717) is 18.4 Å². The van der Waals surface area contributed by atoms with Gasteiger partial charge in [0.2, 0.25) is 11.8 Å². The first-order chi connectivity index (χ1) is 9.79. The number of piperidine rings is 1. The van der Waals surface area contributed by atoms with E-state index in [4.69, 9.17) is 0 Å². The van der Waals surface area contributed by atoms with Crippen molar-refractivity contribution in [3.63, 3.8) is 0 Å². The minimum absolute atomic E-state index is 0.0440. The normalized spacial score (nSPS) is 24.0. The van der Waals surface area contributed by atoms with Gasteiger partial charge in [0.25, 0.3) is 0 Å². The molecule has 0 radical (unpaired) electrons. The standard InChI is InChI=1S/C16H31N3O2/c1-10(2)8-14(20)19-15(11(3)4)16(21)18-13-6-7-17-12(5)9-13/h10-13,15,17H,6-9H2,1-5H3,(H,18,21)(H,19,20). The van der Waals surface area contributed by atoms with Gasteiger partial charge < -0.3 is 16.0 Å². The van der Waals surface area contributed by atoms with Gasteiger partial charge in [-0.3, -0.25) is 9.59 Å². The lowest BCUT2D eigenvalue weighted by Gasteiger charge is -2.31. The van der Waals surface area contributed by atoms with Gasteiger partial charge in [-0.1, -0.05) is 27.7 Å². The average Bonchev–Trinajstić information content (AvgIpc) is 2.34. The Morgan fingerprint density at radius 2 is 1.90 bits per heavy atom. The van der Waals surface area contributed by atoms with Crippen LogP contribution in [0.15, 0.2) is 0 Å². The van der Waals surface area contributed by atoms with Gasteiger partial charge in [0.1, 0.15) is 6.04 Å². The maximum absolute atomic E-state index is 12.4. The molecule has 1 aliphatic heterocycles. The number of amides is 2. The Hall–Kier alpha value is -1.10. The van der Waals surface area contributed by atoms with Crippen LogP contribution in [0.5, 0.6) is 0 Å². The first-order valence-corrected chi connectivity index (χ1v) is 8.12. The Balaban J connectivity index is 2.54. The number of carbonyl (C=O) groups is 2. The molecule has 0 saturated carbocycles. The molecule has 0 bridgehead atoms. The van der Waals surface area contributed by atoms with Crippen molar-refractivity contribution in [2.75, 3.05) is 6.54 Å². The number of rotatable bonds is 6. The molecular weight excluding hydrogens is 266 g/mol. The van der Waals surface area contributed by atoms with Crippen molar-refractivity contribution in [2.45, 2.75) is 72.0 Å². The van der Waals surface area contributed by atoms with Gasteiger partial charge in [0, 0.05) is 18.5 Å². The minimum Gasteiger partial charge on any atom is -0.351 e. The smallest absolute Gasteiger partial charge is 0.243 e. The summed E-state index contributed by atoms with van der Waals surface area (Å²) in [5.74, 6) is 0.283. The first kappa shape index (κ1) is 18.0. The zero-order valence-electron chi connectivity index (χ0n) is 14.0. The Morgan fingerprint density at radius 1 is 1.24 bits per heavy atom. The Labute approximate surface area is 128 Å². The summed E-state index contributed by atoms with van der Waals surface area (Å²) in [6.07, 6.45) is 2.35. The molecule has 0 aromatic heterocycles. The molecule has 122 valence electrons. The van der Waals surface area contributed by atoms with Crippen LogP contribution in [0.25, 0.3) is 0 Å². The van der Waals surface area contributed by atoms with E-state index in [1.807, 2.05) is 27.7 Å². The van der Waals surface area contributed by atoms with Crippen LogP contribution in [0.1, 0.15) is 53.9 Å². The molecule has 1 heterocycles. The van der Waals surface area contributed by atoms with Crippen molar-refractivity contribution >= 4 is 11.8 Å². The van der Waals surface area contributed by atoms with E-state index in [2.05, 4.69) is 22.9 Å². The van der Waals surface area contributed by atoms with Gasteiger partial charge in [-0.25, -0.2) is 0 Å². The van der Waals surface area contributed by atoms with E-state index in [9.17, 15) is 9.59 Å². The Bertz CT molecular complexity index is 355. The fourth-order valence-corrected chi connectivity index (χ4v) is 2.69. The highest BCUT2D eigenvalue weighted by Crippen LogP contribution is 2.10. The van der Waals surface area contributed by atoms with Gasteiger partial charge >= 0.3 is 0 Å². The molecular formula is C16H31N3O2. The fraction of sp³-hybridized carbons (Fsp3) is 0.875. The monoisotopic (exact) mass is 297 g/mol. The maximum Gasteiger partial charge on any atom is 0.243 e. The van der Waals surface area contributed by atoms with Crippen LogP contribution >= 0.6 is 0 Å². The minimum atomic E-state index is -0.443. The van der Waals surface area contributed by atoms with E-state index in [0.717, 1.165) is 19.4 Å². The van der Waals surface area contributed by atoms with Crippen LogP contribution in [0.2, 0.25) is 0 Å². The molecule has 21 heavy (non-hydrogen) atoms. The Kier molecular flexibility index (Phi) is 7.15. The highest BCUT2D eigenvalue weighted by molar-refractivity contribution is 5.88. The molecule has 0 aromatic rings. The quantitative estimate of drug-likeness (QED) is 0.694. The molecule has 0 aromatic carbocycles. The summed E-state index contributed by atoms with van der Waals surface area (Å²) in [5.41, 5.74) is 0. The largest absolute Gasteiger partial charge is 0.351 e. The zero-order valence-corrected chi connectivity index (χ0v) is 14.0. The lowest BCUT2D eigenvalue weighted by molar-refractivity contribution is -0.131. The molecule has 5 nitrogen and oxygen atoms in total. The second-order valence-electron chi connectivity index (χ2n) is 6.97. The number of hydrogen-bond donors (Lipinski definition) is 3. The summed E-state index contributed by atoms with van der Waals surface area (Å²) in [7, 11) is 0. The molecule has 5 heteroatoms. The summed E-state index contributed by atoms with van der Waals surface area (Å²) < 4.78 is 0. The second-order valence-corrected chi connectivity index (χ2v) is 6.97. The number of carbonyl (C=O) groups excluding carboxylic acids is 2. The molecule has 0 spiro atoms. The van der Waals surface area contributed by atoms with Gasteiger partial charge in [-0.2, -0.15) is 0 Å². The third kappa shape index (κ3) is 6.46. The van der Waals surface area contributed by atoms with Crippen molar-refractivity contribution < 1.29 is 9.59 Å². The van der Waals surface area contributed by atoms with Crippen molar-refractivity contribution in [3.05, 3.63) is 0 Å². The third-order valence-corrected chi connectivity index (χ3v) is 3.83. The molecule has 3 N–H and O–H groups in total. The van der Waals surface area contributed by atoms with Crippen LogP contribution in [-0.4, -0.2) is 36.5 Å². The summed E-state index contributed by atoms with van der Waals surface area (Å²) >= 11 is 0. The average molecular weight is 297 g/mol. The maximum atomic E-state index is 12.4. The summed E-state index contributed by atoms with van der Waals surface area (Å²) in [6.45, 7) is 11.0. The van der Waals surface area contributed by atoms with Gasteiger partial charge in [0.05, 0.1) is 0 Å². The van der Waals surface area contributed by atoms with Gasteiger partial charge in [0.15, 0.2) is 0 Å². The molecule has 3 unspecified atom stereocenters. The van der Waals surface area contributed by atoms with Crippen molar-refractivity contribution in [1.82, 2.24) is 16.0 Å². The SMILES string of the molecule is CC(C)CC(=O)NC(C(=O)NC1CCNC(C)C1)C(C)C. The molecule has 1 aliphatic rings. The summed E-state index contributed by atoms with van der Waals surface area (Å²) in [5, 5.41) is 9.35. The summed E-state index contributed by atoms with van der Waals surface area (Å²) in [6, 6.07) is 0.190. The van der Waals surface area contributed by atoms with Gasteiger partial charge in [-0.05, 0) is 38.1 Å². The highest BCUT2D eigenvalue weighted by Gasteiger charge is 2.27. The predicted molar refractivity (Wildman–Crippen MR) is 84.9 cm³/mol. The van der Waals surface area contributed by atoms with E-state index in [1.54, 1.807) is 0 Å². The van der Waals surface area contributed by atoms with E-state index >= 15 is 0 Å². The first-order valence-electron chi connectivity index (χ1n) is 8.12.